The van der Waals surface area contributed by atoms with E-state index in [-0.39, 0.29) is 0 Å². The summed E-state index contributed by atoms with van der Waals surface area (Å²) in [5.41, 5.74) is 4.60. The van der Waals surface area contributed by atoms with Crippen LogP contribution in [0.5, 0.6) is 5.75 Å². The molecule has 0 fully saturated rings. The zero-order valence-corrected chi connectivity index (χ0v) is 12.9. The molecular weight excluding hydrogens is 260 g/mol. The lowest BCUT2D eigenvalue weighted by Crippen LogP contribution is -2.32. The average Bonchev–Trinajstić information content (AvgIpc) is 2.49. The molecule has 0 saturated carbocycles. The Kier molecular flexibility index (Phi) is 3.50. The summed E-state index contributed by atoms with van der Waals surface area (Å²) >= 11 is 0. The van der Waals surface area contributed by atoms with E-state index >= 15 is 0 Å². The number of hydrogen-bond acceptors (Lipinski definition) is 2. The van der Waals surface area contributed by atoms with Crippen molar-refractivity contribution >= 4 is 0 Å². The van der Waals surface area contributed by atoms with Crippen molar-refractivity contribution in [2.75, 3.05) is 7.11 Å². The third kappa shape index (κ3) is 2.24. The molecule has 1 aliphatic carbocycles. The molecular formula is C19H22O2. The number of ether oxygens (including phenoxy) is 1. The molecule has 1 aliphatic rings. The van der Waals surface area contributed by atoms with Crippen LogP contribution in [-0.4, -0.2) is 12.2 Å². The van der Waals surface area contributed by atoms with Gasteiger partial charge in [-0.2, -0.15) is 0 Å². The molecule has 0 saturated heterocycles. The van der Waals surface area contributed by atoms with Gasteiger partial charge in [0.05, 0.1) is 7.11 Å². The molecule has 0 amide bonds. The maximum Gasteiger partial charge on any atom is 0.122 e. The lowest BCUT2D eigenvalue weighted by Gasteiger charge is -2.36. The molecule has 0 aromatic heterocycles. The highest BCUT2D eigenvalue weighted by molar-refractivity contribution is 5.50. The topological polar surface area (TPSA) is 29.5 Å². The Hall–Kier alpha value is -1.80. The van der Waals surface area contributed by atoms with E-state index in [1.165, 1.54) is 5.56 Å². The minimum atomic E-state index is -0.879. The molecule has 2 aromatic carbocycles. The van der Waals surface area contributed by atoms with Gasteiger partial charge >= 0.3 is 0 Å². The average molecular weight is 282 g/mol. The first-order valence-corrected chi connectivity index (χ1v) is 7.53. The Morgan fingerprint density at radius 3 is 2.57 bits per heavy atom. The van der Waals surface area contributed by atoms with E-state index in [2.05, 4.69) is 24.3 Å². The number of rotatable bonds is 2. The summed E-state index contributed by atoms with van der Waals surface area (Å²) < 4.78 is 5.39. The molecule has 3 rings (SSSR count). The minimum Gasteiger partial charge on any atom is -0.496 e. The van der Waals surface area contributed by atoms with E-state index < -0.39 is 5.60 Å². The van der Waals surface area contributed by atoms with Gasteiger partial charge in [-0.15, -0.1) is 0 Å². The van der Waals surface area contributed by atoms with E-state index in [0.717, 1.165) is 47.3 Å². The maximum absolute atomic E-state index is 11.4. The number of aryl methyl sites for hydroxylation is 3. The van der Waals surface area contributed by atoms with Gasteiger partial charge in [0.2, 0.25) is 0 Å². The zero-order valence-electron chi connectivity index (χ0n) is 12.9. The molecule has 1 unspecified atom stereocenters. The molecule has 0 aliphatic heterocycles. The maximum atomic E-state index is 11.4. The number of aliphatic hydroxyl groups is 1. The summed E-state index contributed by atoms with van der Waals surface area (Å²) in [6, 6.07) is 12.4. The van der Waals surface area contributed by atoms with Gasteiger partial charge in [-0.05, 0) is 73.1 Å². The predicted molar refractivity (Wildman–Crippen MR) is 84.8 cm³/mol. The largest absolute Gasteiger partial charge is 0.496 e. The molecule has 2 aromatic rings. The molecule has 2 nitrogen and oxygen atoms in total. The number of hydrogen-bond donors (Lipinski definition) is 1. The Bertz CT molecular complexity index is 675. The highest BCUT2D eigenvalue weighted by Crippen LogP contribution is 2.42. The van der Waals surface area contributed by atoms with E-state index in [0.29, 0.717) is 0 Å². The third-order valence-corrected chi connectivity index (χ3v) is 4.64. The van der Waals surface area contributed by atoms with Gasteiger partial charge < -0.3 is 9.84 Å². The van der Waals surface area contributed by atoms with Gasteiger partial charge in [-0.3, -0.25) is 0 Å². The molecule has 1 N–H and O–H groups in total. The zero-order chi connectivity index (χ0) is 15.0. The number of methoxy groups -OCH3 is 1. The fraction of sp³-hybridized carbons (Fsp3) is 0.368. The van der Waals surface area contributed by atoms with Crippen LogP contribution in [0.25, 0.3) is 0 Å². The van der Waals surface area contributed by atoms with Crippen LogP contribution in [0.2, 0.25) is 0 Å². The second kappa shape index (κ2) is 5.19. The van der Waals surface area contributed by atoms with Gasteiger partial charge in [-0.1, -0.05) is 24.3 Å². The molecule has 0 bridgehead atoms. The lowest BCUT2D eigenvalue weighted by molar-refractivity contribution is 0.0608. The van der Waals surface area contributed by atoms with Crippen molar-refractivity contribution in [1.82, 2.24) is 0 Å². The monoisotopic (exact) mass is 282 g/mol. The molecule has 21 heavy (non-hydrogen) atoms. The molecule has 110 valence electrons. The Morgan fingerprint density at radius 1 is 1.05 bits per heavy atom. The van der Waals surface area contributed by atoms with Gasteiger partial charge in [-0.25, -0.2) is 0 Å². The smallest absolute Gasteiger partial charge is 0.122 e. The highest BCUT2D eigenvalue weighted by atomic mass is 16.5. The Balaban J connectivity index is 2.19. The Labute approximate surface area is 126 Å². The van der Waals surface area contributed by atoms with Gasteiger partial charge in [0.1, 0.15) is 11.4 Å². The van der Waals surface area contributed by atoms with Crippen molar-refractivity contribution in [3.05, 3.63) is 64.2 Å². The van der Waals surface area contributed by atoms with Crippen molar-refractivity contribution in [2.24, 2.45) is 0 Å². The summed E-state index contributed by atoms with van der Waals surface area (Å²) in [6.07, 6.45) is 2.83. The van der Waals surface area contributed by atoms with Crippen LogP contribution in [0.4, 0.5) is 0 Å². The van der Waals surface area contributed by atoms with Crippen molar-refractivity contribution in [1.29, 1.82) is 0 Å². The molecule has 0 radical (unpaired) electrons. The highest BCUT2D eigenvalue weighted by Gasteiger charge is 2.37. The van der Waals surface area contributed by atoms with E-state index in [4.69, 9.17) is 4.74 Å². The van der Waals surface area contributed by atoms with E-state index in [1.54, 1.807) is 7.11 Å². The molecule has 2 heteroatoms. The van der Waals surface area contributed by atoms with Crippen LogP contribution in [0, 0.1) is 13.8 Å². The number of benzene rings is 2. The van der Waals surface area contributed by atoms with Gasteiger partial charge in [0.25, 0.3) is 0 Å². The van der Waals surface area contributed by atoms with Crippen molar-refractivity contribution in [3.8, 4) is 5.75 Å². The summed E-state index contributed by atoms with van der Waals surface area (Å²) in [4.78, 5) is 0. The standard InChI is InChI=1S/C19H22O2/c1-13-12-18(21-3)14(2)11-17(13)19(20)10-6-8-15-7-4-5-9-16(15)19/h4-5,7,9,11-12,20H,6,8,10H2,1-3H3. The van der Waals surface area contributed by atoms with Crippen LogP contribution < -0.4 is 4.74 Å². The molecule has 0 spiro atoms. The van der Waals surface area contributed by atoms with Gasteiger partial charge in [0, 0.05) is 0 Å². The van der Waals surface area contributed by atoms with Crippen LogP contribution in [0.15, 0.2) is 36.4 Å². The summed E-state index contributed by atoms with van der Waals surface area (Å²) in [5.74, 6) is 0.879. The van der Waals surface area contributed by atoms with Crippen molar-refractivity contribution in [3.63, 3.8) is 0 Å². The normalized spacial score (nSPS) is 21.0. The quantitative estimate of drug-likeness (QED) is 0.905. The first-order valence-electron chi connectivity index (χ1n) is 7.53. The van der Waals surface area contributed by atoms with E-state index in [1.807, 2.05) is 26.0 Å². The minimum absolute atomic E-state index is 0.774. The number of fused-ring (bicyclic) bond motifs is 1. The predicted octanol–water partition coefficient (Wildman–Crippen LogP) is 3.88. The van der Waals surface area contributed by atoms with Crippen molar-refractivity contribution < 1.29 is 9.84 Å². The molecule has 0 heterocycles. The van der Waals surface area contributed by atoms with Crippen LogP contribution >= 0.6 is 0 Å². The summed E-state index contributed by atoms with van der Waals surface area (Å²) in [5, 5.41) is 11.4. The summed E-state index contributed by atoms with van der Waals surface area (Å²) in [7, 11) is 1.69. The van der Waals surface area contributed by atoms with Crippen LogP contribution in [-0.2, 0) is 12.0 Å². The second-order valence-electron chi connectivity index (χ2n) is 6.01. The SMILES string of the molecule is COc1cc(C)c(C2(O)CCCc3ccccc32)cc1C. The van der Waals surface area contributed by atoms with Crippen LogP contribution in [0.3, 0.4) is 0 Å². The fourth-order valence-corrected chi connectivity index (χ4v) is 3.55. The second-order valence-corrected chi connectivity index (χ2v) is 6.01. The van der Waals surface area contributed by atoms with Gasteiger partial charge in [0.15, 0.2) is 0 Å². The van der Waals surface area contributed by atoms with E-state index in [9.17, 15) is 5.11 Å². The Morgan fingerprint density at radius 2 is 1.81 bits per heavy atom. The lowest BCUT2D eigenvalue weighted by atomic mass is 9.73. The first-order chi connectivity index (χ1) is 10.1. The van der Waals surface area contributed by atoms with Crippen LogP contribution in [0.1, 0.15) is 40.7 Å². The first kappa shape index (κ1) is 14.2. The molecule has 1 atom stereocenters. The fourth-order valence-electron chi connectivity index (χ4n) is 3.55. The van der Waals surface area contributed by atoms with Crippen molar-refractivity contribution in [2.45, 2.75) is 38.7 Å². The summed E-state index contributed by atoms with van der Waals surface area (Å²) in [6.45, 7) is 4.08. The third-order valence-electron chi connectivity index (χ3n) is 4.64.